The second kappa shape index (κ2) is 10.2. The number of ether oxygens (including phenoxy) is 2. The predicted octanol–water partition coefficient (Wildman–Crippen LogP) is 4.30. The smallest absolute Gasteiger partial charge is 0.231 e. The molecule has 34 heavy (non-hydrogen) atoms. The van der Waals surface area contributed by atoms with E-state index in [1.807, 2.05) is 25.1 Å². The second-order valence-corrected chi connectivity index (χ2v) is 9.30. The molecular formula is C25H26FN3O4S. The van der Waals surface area contributed by atoms with Crippen molar-refractivity contribution in [1.82, 2.24) is 9.88 Å². The van der Waals surface area contributed by atoms with Crippen molar-refractivity contribution in [3.8, 4) is 22.8 Å². The Bertz CT molecular complexity index is 1200. The molecule has 0 spiro atoms. The second-order valence-electron chi connectivity index (χ2n) is 8.10. The lowest BCUT2D eigenvalue weighted by molar-refractivity contribution is -0.128. The SMILES string of the molecule is COc1ccc(CCN2CC(C(=O)Nc3nc(-c4ccc(F)cc4)c(C)s3)CC2=O)cc1OC. The number of anilines is 1. The van der Waals surface area contributed by atoms with Crippen molar-refractivity contribution in [2.75, 3.05) is 32.6 Å². The zero-order chi connectivity index (χ0) is 24.2. The predicted molar refractivity (Wildman–Crippen MR) is 129 cm³/mol. The number of likely N-dealkylation sites (tertiary alicyclic amines) is 1. The fourth-order valence-electron chi connectivity index (χ4n) is 4.00. The normalized spacial score (nSPS) is 15.5. The Labute approximate surface area is 201 Å². The number of thiazole rings is 1. The Balaban J connectivity index is 1.35. The molecule has 178 valence electrons. The highest BCUT2D eigenvalue weighted by Gasteiger charge is 2.34. The van der Waals surface area contributed by atoms with Crippen LogP contribution in [0, 0.1) is 18.7 Å². The molecule has 1 atom stereocenters. The van der Waals surface area contributed by atoms with Crippen LogP contribution in [0.4, 0.5) is 9.52 Å². The van der Waals surface area contributed by atoms with Gasteiger partial charge in [-0.1, -0.05) is 6.07 Å². The number of benzene rings is 2. The molecule has 1 aliphatic heterocycles. The number of nitrogens with one attached hydrogen (secondary N) is 1. The Kier molecular flexibility index (Phi) is 7.12. The molecule has 2 heterocycles. The van der Waals surface area contributed by atoms with Crippen LogP contribution in [0.2, 0.25) is 0 Å². The van der Waals surface area contributed by atoms with Crippen LogP contribution >= 0.6 is 11.3 Å². The fourth-order valence-corrected chi connectivity index (χ4v) is 4.84. The lowest BCUT2D eigenvalue weighted by Crippen LogP contribution is -2.30. The summed E-state index contributed by atoms with van der Waals surface area (Å²) in [6.45, 7) is 2.79. The molecule has 1 aromatic heterocycles. The lowest BCUT2D eigenvalue weighted by Gasteiger charge is -2.17. The Morgan fingerprint density at radius 1 is 1.18 bits per heavy atom. The average molecular weight is 484 g/mol. The first kappa shape index (κ1) is 23.7. The summed E-state index contributed by atoms with van der Waals surface area (Å²) < 4.78 is 23.8. The molecule has 0 aliphatic carbocycles. The van der Waals surface area contributed by atoms with E-state index in [1.54, 1.807) is 31.3 Å². The molecule has 3 aromatic rings. The van der Waals surface area contributed by atoms with Gasteiger partial charge < -0.3 is 19.7 Å². The van der Waals surface area contributed by atoms with Gasteiger partial charge in [0, 0.05) is 30.0 Å². The van der Waals surface area contributed by atoms with Gasteiger partial charge in [-0.05, 0) is 55.3 Å². The summed E-state index contributed by atoms with van der Waals surface area (Å²) in [6.07, 6.45) is 0.820. The van der Waals surface area contributed by atoms with E-state index in [0.29, 0.717) is 41.8 Å². The number of hydrogen-bond acceptors (Lipinski definition) is 6. The van der Waals surface area contributed by atoms with Crippen molar-refractivity contribution in [2.45, 2.75) is 19.8 Å². The number of aryl methyl sites for hydroxylation is 1. The van der Waals surface area contributed by atoms with Crippen molar-refractivity contribution < 1.29 is 23.5 Å². The van der Waals surface area contributed by atoms with Gasteiger partial charge in [0.05, 0.1) is 25.8 Å². The molecule has 1 fully saturated rings. The molecule has 4 rings (SSSR count). The summed E-state index contributed by atoms with van der Waals surface area (Å²) in [5, 5.41) is 3.32. The number of amides is 2. The summed E-state index contributed by atoms with van der Waals surface area (Å²) >= 11 is 1.36. The zero-order valence-corrected chi connectivity index (χ0v) is 20.1. The van der Waals surface area contributed by atoms with Gasteiger partial charge >= 0.3 is 0 Å². The summed E-state index contributed by atoms with van der Waals surface area (Å²) in [5.41, 5.74) is 2.51. The van der Waals surface area contributed by atoms with Crippen LogP contribution in [-0.4, -0.2) is 49.0 Å². The van der Waals surface area contributed by atoms with Crippen LogP contribution in [0.15, 0.2) is 42.5 Å². The number of hydrogen-bond donors (Lipinski definition) is 1. The molecule has 1 saturated heterocycles. The number of nitrogens with zero attached hydrogens (tertiary/aromatic N) is 2. The average Bonchev–Trinajstić information content (AvgIpc) is 3.39. The molecular weight excluding hydrogens is 457 g/mol. The highest BCUT2D eigenvalue weighted by molar-refractivity contribution is 7.16. The van der Waals surface area contributed by atoms with Crippen LogP contribution in [0.5, 0.6) is 11.5 Å². The van der Waals surface area contributed by atoms with Crippen molar-refractivity contribution in [3.05, 3.63) is 58.7 Å². The third-order valence-corrected chi connectivity index (χ3v) is 6.73. The number of halogens is 1. The molecule has 1 aliphatic rings. The van der Waals surface area contributed by atoms with Crippen LogP contribution in [-0.2, 0) is 16.0 Å². The highest BCUT2D eigenvalue weighted by atomic mass is 32.1. The zero-order valence-electron chi connectivity index (χ0n) is 19.3. The van der Waals surface area contributed by atoms with Crippen LogP contribution in [0.25, 0.3) is 11.3 Å². The molecule has 1 unspecified atom stereocenters. The molecule has 0 saturated carbocycles. The first-order valence-corrected chi connectivity index (χ1v) is 11.7. The number of methoxy groups -OCH3 is 2. The van der Waals surface area contributed by atoms with E-state index in [4.69, 9.17) is 9.47 Å². The molecule has 2 amide bonds. The summed E-state index contributed by atoms with van der Waals surface area (Å²) in [6, 6.07) is 11.8. The lowest BCUT2D eigenvalue weighted by atomic mass is 10.1. The molecule has 0 bridgehead atoms. The maximum Gasteiger partial charge on any atom is 0.231 e. The largest absolute Gasteiger partial charge is 0.493 e. The number of carbonyl (C=O) groups excluding carboxylic acids is 2. The molecule has 9 heteroatoms. The van der Waals surface area contributed by atoms with E-state index >= 15 is 0 Å². The van der Waals surface area contributed by atoms with Gasteiger partial charge in [-0.25, -0.2) is 9.37 Å². The van der Waals surface area contributed by atoms with Gasteiger partial charge in [-0.15, -0.1) is 11.3 Å². The van der Waals surface area contributed by atoms with E-state index in [1.165, 1.54) is 23.5 Å². The minimum Gasteiger partial charge on any atom is -0.493 e. The quantitative estimate of drug-likeness (QED) is 0.517. The summed E-state index contributed by atoms with van der Waals surface area (Å²) in [5.74, 6) is 0.288. The van der Waals surface area contributed by atoms with E-state index in [-0.39, 0.29) is 24.1 Å². The Morgan fingerprint density at radius 2 is 1.91 bits per heavy atom. The van der Waals surface area contributed by atoms with Gasteiger partial charge in [-0.2, -0.15) is 0 Å². The van der Waals surface area contributed by atoms with E-state index in [9.17, 15) is 14.0 Å². The minimum absolute atomic E-state index is 0.0389. The van der Waals surface area contributed by atoms with E-state index < -0.39 is 5.92 Å². The standard InChI is InChI=1S/C25H26FN3O4S/c1-15-23(17-5-7-19(26)8-6-17)27-25(34-15)28-24(31)18-13-22(30)29(14-18)11-10-16-4-9-20(32-2)21(12-16)33-3/h4-9,12,18H,10-11,13-14H2,1-3H3,(H,27,28,31). The van der Waals surface area contributed by atoms with Crippen molar-refractivity contribution in [1.29, 1.82) is 0 Å². The van der Waals surface area contributed by atoms with Crippen LogP contribution in [0.3, 0.4) is 0 Å². The summed E-state index contributed by atoms with van der Waals surface area (Å²) in [4.78, 5) is 32.5. The van der Waals surface area contributed by atoms with Crippen LogP contribution < -0.4 is 14.8 Å². The molecule has 7 nitrogen and oxygen atoms in total. The van der Waals surface area contributed by atoms with Gasteiger partial charge in [-0.3, -0.25) is 9.59 Å². The van der Waals surface area contributed by atoms with E-state index in [2.05, 4.69) is 10.3 Å². The Morgan fingerprint density at radius 3 is 2.62 bits per heavy atom. The first-order chi connectivity index (χ1) is 16.4. The Hall–Kier alpha value is -3.46. The highest BCUT2D eigenvalue weighted by Crippen LogP contribution is 2.32. The minimum atomic E-state index is -0.434. The molecule has 1 N–H and O–H groups in total. The third kappa shape index (κ3) is 5.20. The number of aromatic nitrogens is 1. The van der Waals surface area contributed by atoms with E-state index in [0.717, 1.165) is 16.0 Å². The van der Waals surface area contributed by atoms with Gasteiger partial charge in [0.15, 0.2) is 16.6 Å². The number of rotatable bonds is 8. The summed E-state index contributed by atoms with van der Waals surface area (Å²) in [7, 11) is 3.17. The topological polar surface area (TPSA) is 80.8 Å². The molecule has 2 aromatic carbocycles. The van der Waals surface area contributed by atoms with Gasteiger partial charge in [0.1, 0.15) is 5.82 Å². The van der Waals surface area contributed by atoms with Crippen molar-refractivity contribution in [3.63, 3.8) is 0 Å². The van der Waals surface area contributed by atoms with Crippen LogP contribution in [0.1, 0.15) is 16.9 Å². The monoisotopic (exact) mass is 483 g/mol. The maximum absolute atomic E-state index is 13.2. The van der Waals surface area contributed by atoms with Crippen molar-refractivity contribution >= 4 is 28.3 Å². The third-order valence-electron chi connectivity index (χ3n) is 5.85. The van der Waals surface area contributed by atoms with Gasteiger partial charge in [0.25, 0.3) is 0 Å². The maximum atomic E-state index is 13.2. The van der Waals surface area contributed by atoms with Gasteiger partial charge in [0.2, 0.25) is 11.8 Å². The first-order valence-electron chi connectivity index (χ1n) is 10.9. The fraction of sp³-hybridized carbons (Fsp3) is 0.320. The number of carbonyl (C=O) groups is 2. The molecule has 0 radical (unpaired) electrons. The van der Waals surface area contributed by atoms with Crippen molar-refractivity contribution in [2.24, 2.45) is 5.92 Å².